The van der Waals surface area contributed by atoms with Crippen LogP contribution in [0.5, 0.6) is 0 Å². The van der Waals surface area contributed by atoms with Crippen molar-refractivity contribution in [2.45, 2.75) is 13.0 Å². The Labute approximate surface area is 89.2 Å². The molecule has 0 spiro atoms. The maximum atomic E-state index is 11.4. The Hall–Kier alpha value is -1.77. The number of hydrogen-bond donors (Lipinski definition) is 1. The number of anilines is 1. The lowest BCUT2D eigenvalue weighted by atomic mass is 9.98. The molecule has 1 aliphatic rings. The lowest BCUT2D eigenvalue weighted by Gasteiger charge is -2.28. The Kier molecular flexibility index (Phi) is 2.46. The molecule has 2 rings (SSSR count). The summed E-state index contributed by atoms with van der Waals surface area (Å²) in [6, 6.07) is 5.86. The van der Waals surface area contributed by atoms with E-state index in [9.17, 15) is 4.79 Å². The van der Waals surface area contributed by atoms with Crippen LogP contribution in [-0.4, -0.2) is 17.4 Å². The van der Waals surface area contributed by atoms with Crippen LogP contribution in [0, 0.1) is 0 Å². The summed E-state index contributed by atoms with van der Waals surface area (Å²) in [4.78, 5) is 13.2. The van der Waals surface area contributed by atoms with E-state index in [-0.39, 0.29) is 5.91 Å². The third-order valence-electron chi connectivity index (χ3n) is 2.79. The zero-order valence-electron chi connectivity index (χ0n) is 8.57. The van der Waals surface area contributed by atoms with Gasteiger partial charge in [-0.05, 0) is 29.7 Å². The number of nitrogens with two attached hydrogens (primary N) is 1. The van der Waals surface area contributed by atoms with E-state index in [4.69, 9.17) is 5.73 Å². The largest absolute Gasteiger partial charge is 0.398 e. The number of fused-ring (bicyclic) bond motifs is 1. The molecule has 0 unspecified atom stereocenters. The van der Waals surface area contributed by atoms with Crippen LogP contribution in [0.4, 0.5) is 5.69 Å². The van der Waals surface area contributed by atoms with E-state index in [0.29, 0.717) is 6.54 Å². The second-order valence-corrected chi connectivity index (χ2v) is 3.70. The van der Waals surface area contributed by atoms with E-state index >= 15 is 0 Å². The average Bonchev–Trinajstić information content (AvgIpc) is 2.28. The first kappa shape index (κ1) is 9.77. The van der Waals surface area contributed by atoms with Crippen molar-refractivity contribution in [1.82, 2.24) is 4.90 Å². The molecule has 3 nitrogen and oxygen atoms in total. The number of carbonyl (C=O) groups is 1. The molecule has 1 aromatic rings. The van der Waals surface area contributed by atoms with Crippen LogP contribution in [0.15, 0.2) is 30.9 Å². The van der Waals surface area contributed by atoms with E-state index < -0.39 is 0 Å². The highest BCUT2D eigenvalue weighted by Crippen LogP contribution is 2.23. The molecule has 0 saturated carbocycles. The van der Waals surface area contributed by atoms with Crippen LogP contribution in [0.25, 0.3) is 0 Å². The summed E-state index contributed by atoms with van der Waals surface area (Å²) in [6.07, 6.45) is 2.19. The van der Waals surface area contributed by atoms with Crippen molar-refractivity contribution in [2.75, 3.05) is 12.3 Å². The molecule has 1 heterocycles. The van der Waals surface area contributed by atoms with Crippen molar-refractivity contribution in [3.63, 3.8) is 0 Å². The molecular weight excluding hydrogens is 188 g/mol. The average molecular weight is 202 g/mol. The Morgan fingerprint density at radius 3 is 3.07 bits per heavy atom. The minimum absolute atomic E-state index is 0.0110. The molecule has 0 radical (unpaired) electrons. The Balaban J connectivity index is 2.27. The number of nitrogen functional groups attached to an aromatic ring is 1. The zero-order valence-corrected chi connectivity index (χ0v) is 8.57. The first-order valence-corrected chi connectivity index (χ1v) is 5.00. The second kappa shape index (κ2) is 3.77. The Bertz CT molecular complexity index is 412. The van der Waals surface area contributed by atoms with E-state index in [1.807, 2.05) is 18.2 Å². The summed E-state index contributed by atoms with van der Waals surface area (Å²) in [5.74, 6) is -0.0110. The maximum Gasteiger partial charge on any atom is 0.246 e. The van der Waals surface area contributed by atoms with Gasteiger partial charge in [0, 0.05) is 18.8 Å². The van der Waals surface area contributed by atoms with Gasteiger partial charge in [-0.25, -0.2) is 0 Å². The SMILES string of the molecule is C=CC(=O)N1CCc2c(N)cccc2C1. The fraction of sp³-hybridized carbons (Fsp3) is 0.250. The van der Waals surface area contributed by atoms with E-state index in [1.54, 1.807) is 4.90 Å². The number of amides is 1. The lowest BCUT2D eigenvalue weighted by molar-refractivity contribution is -0.126. The van der Waals surface area contributed by atoms with Gasteiger partial charge in [0.25, 0.3) is 0 Å². The molecule has 0 aliphatic carbocycles. The summed E-state index contributed by atoms with van der Waals surface area (Å²) in [5, 5.41) is 0. The van der Waals surface area contributed by atoms with E-state index in [0.717, 1.165) is 24.2 Å². The minimum Gasteiger partial charge on any atom is -0.398 e. The fourth-order valence-electron chi connectivity index (χ4n) is 1.96. The molecule has 15 heavy (non-hydrogen) atoms. The van der Waals surface area contributed by atoms with E-state index in [1.165, 1.54) is 11.6 Å². The van der Waals surface area contributed by atoms with Crippen LogP contribution < -0.4 is 5.73 Å². The van der Waals surface area contributed by atoms with Crippen molar-refractivity contribution in [1.29, 1.82) is 0 Å². The predicted octanol–water partition coefficient (Wildman–Crippen LogP) is 1.34. The predicted molar refractivity (Wildman–Crippen MR) is 60.2 cm³/mol. The highest BCUT2D eigenvalue weighted by Gasteiger charge is 2.19. The van der Waals surface area contributed by atoms with Gasteiger partial charge in [0.15, 0.2) is 0 Å². The quantitative estimate of drug-likeness (QED) is 0.551. The van der Waals surface area contributed by atoms with Crippen LogP contribution in [0.2, 0.25) is 0 Å². The summed E-state index contributed by atoms with van der Waals surface area (Å²) in [6.45, 7) is 4.87. The normalized spacial score (nSPS) is 14.5. The highest BCUT2D eigenvalue weighted by atomic mass is 16.2. The first-order valence-electron chi connectivity index (χ1n) is 5.00. The minimum atomic E-state index is -0.0110. The topological polar surface area (TPSA) is 46.3 Å². The molecule has 1 aliphatic heterocycles. The lowest BCUT2D eigenvalue weighted by Crippen LogP contribution is -2.35. The molecule has 3 heteroatoms. The van der Waals surface area contributed by atoms with Crippen LogP contribution in [0.3, 0.4) is 0 Å². The second-order valence-electron chi connectivity index (χ2n) is 3.70. The van der Waals surface area contributed by atoms with Gasteiger partial charge in [0.1, 0.15) is 0 Å². The summed E-state index contributed by atoms with van der Waals surface area (Å²) in [5.41, 5.74) is 9.04. The van der Waals surface area contributed by atoms with Crippen molar-refractivity contribution in [3.8, 4) is 0 Å². The third kappa shape index (κ3) is 1.73. The number of rotatable bonds is 1. The Morgan fingerprint density at radius 1 is 1.53 bits per heavy atom. The van der Waals surface area contributed by atoms with Gasteiger partial charge >= 0.3 is 0 Å². The van der Waals surface area contributed by atoms with Gasteiger partial charge < -0.3 is 10.6 Å². The molecule has 1 amide bonds. The van der Waals surface area contributed by atoms with Crippen molar-refractivity contribution >= 4 is 11.6 Å². The molecule has 2 N–H and O–H groups in total. The summed E-state index contributed by atoms with van der Waals surface area (Å²) < 4.78 is 0. The monoisotopic (exact) mass is 202 g/mol. The smallest absolute Gasteiger partial charge is 0.246 e. The fourth-order valence-corrected chi connectivity index (χ4v) is 1.96. The van der Waals surface area contributed by atoms with Crippen molar-refractivity contribution in [3.05, 3.63) is 42.0 Å². The first-order chi connectivity index (χ1) is 7.22. The summed E-state index contributed by atoms with van der Waals surface area (Å²) in [7, 11) is 0. The van der Waals surface area contributed by atoms with Gasteiger partial charge in [-0.3, -0.25) is 4.79 Å². The van der Waals surface area contributed by atoms with Crippen LogP contribution in [0.1, 0.15) is 11.1 Å². The van der Waals surface area contributed by atoms with Crippen molar-refractivity contribution in [2.24, 2.45) is 0 Å². The van der Waals surface area contributed by atoms with E-state index in [2.05, 4.69) is 6.58 Å². The molecule has 78 valence electrons. The van der Waals surface area contributed by atoms with Gasteiger partial charge in [-0.2, -0.15) is 0 Å². The van der Waals surface area contributed by atoms with Crippen LogP contribution >= 0.6 is 0 Å². The molecule has 0 fully saturated rings. The van der Waals surface area contributed by atoms with Gasteiger partial charge in [0.2, 0.25) is 5.91 Å². The zero-order chi connectivity index (χ0) is 10.8. The molecule has 0 saturated heterocycles. The van der Waals surface area contributed by atoms with Gasteiger partial charge in [-0.15, -0.1) is 0 Å². The van der Waals surface area contributed by atoms with Gasteiger partial charge in [-0.1, -0.05) is 18.7 Å². The molecule has 1 aromatic carbocycles. The number of carbonyl (C=O) groups excluding carboxylic acids is 1. The number of nitrogens with zero attached hydrogens (tertiary/aromatic N) is 1. The number of benzene rings is 1. The standard InChI is InChI=1S/C12H14N2O/c1-2-12(15)14-7-6-10-9(8-14)4-3-5-11(10)13/h2-5H,1,6-8,13H2. The van der Waals surface area contributed by atoms with Crippen molar-refractivity contribution < 1.29 is 4.79 Å². The molecule has 0 atom stereocenters. The maximum absolute atomic E-state index is 11.4. The molecular formula is C12H14N2O. The molecule has 0 aromatic heterocycles. The molecule has 0 bridgehead atoms. The summed E-state index contributed by atoms with van der Waals surface area (Å²) >= 11 is 0. The third-order valence-corrected chi connectivity index (χ3v) is 2.79. The van der Waals surface area contributed by atoms with Crippen LogP contribution in [-0.2, 0) is 17.8 Å². The van der Waals surface area contributed by atoms with Gasteiger partial charge in [0.05, 0.1) is 0 Å². The highest BCUT2D eigenvalue weighted by molar-refractivity contribution is 5.87. The Morgan fingerprint density at radius 2 is 2.33 bits per heavy atom. The number of hydrogen-bond acceptors (Lipinski definition) is 2.